The molecule has 1 N–H and O–H groups in total. The summed E-state index contributed by atoms with van der Waals surface area (Å²) in [7, 11) is 0. The molecule has 1 saturated heterocycles. The van der Waals surface area contributed by atoms with Crippen molar-refractivity contribution < 1.29 is 9.63 Å². The highest BCUT2D eigenvalue weighted by Crippen LogP contribution is 2.38. The SMILES string of the molecule is CCCCCCCCCCCCCCCCCCNC(=O)ON1C(C)(C)CCCC1(C)C. The van der Waals surface area contributed by atoms with Gasteiger partial charge in [0.1, 0.15) is 0 Å². The van der Waals surface area contributed by atoms with Crippen molar-refractivity contribution in [3.8, 4) is 0 Å². The number of unbranched alkanes of at least 4 members (excludes halogenated alkanes) is 15. The topological polar surface area (TPSA) is 41.6 Å². The minimum Gasteiger partial charge on any atom is -0.350 e. The van der Waals surface area contributed by atoms with Crippen molar-refractivity contribution in [3.63, 3.8) is 0 Å². The van der Waals surface area contributed by atoms with Crippen molar-refractivity contribution in [2.75, 3.05) is 6.54 Å². The first-order valence-corrected chi connectivity index (χ1v) is 14.1. The zero-order valence-corrected chi connectivity index (χ0v) is 22.4. The lowest BCUT2D eigenvalue weighted by Crippen LogP contribution is -2.59. The summed E-state index contributed by atoms with van der Waals surface area (Å²) in [6, 6.07) is 0. The van der Waals surface area contributed by atoms with Crippen LogP contribution in [0.25, 0.3) is 0 Å². The number of hydrogen-bond donors (Lipinski definition) is 1. The molecule has 0 saturated carbocycles. The molecule has 0 aromatic heterocycles. The van der Waals surface area contributed by atoms with Crippen LogP contribution in [0.5, 0.6) is 0 Å². The minimum atomic E-state index is -0.297. The van der Waals surface area contributed by atoms with Crippen LogP contribution in [0.2, 0.25) is 0 Å². The average Bonchev–Trinajstić information content (AvgIpc) is 2.73. The molecule has 0 atom stereocenters. The van der Waals surface area contributed by atoms with E-state index in [4.69, 9.17) is 4.84 Å². The summed E-state index contributed by atoms with van der Waals surface area (Å²) in [5, 5.41) is 4.88. The molecule has 0 aromatic rings. The third-order valence-corrected chi connectivity index (χ3v) is 7.15. The summed E-state index contributed by atoms with van der Waals surface area (Å²) in [4.78, 5) is 18.0. The molecule has 0 aliphatic carbocycles. The van der Waals surface area contributed by atoms with E-state index in [2.05, 4.69) is 39.9 Å². The van der Waals surface area contributed by atoms with Crippen LogP contribution in [0.4, 0.5) is 4.79 Å². The van der Waals surface area contributed by atoms with Gasteiger partial charge in [0.05, 0.1) is 11.1 Å². The van der Waals surface area contributed by atoms with E-state index in [1.807, 2.05) is 5.06 Å². The predicted molar refractivity (Wildman–Crippen MR) is 138 cm³/mol. The van der Waals surface area contributed by atoms with Gasteiger partial charge in [-0.15, -0.1) is 5.06 Å². The van der Waals surface area contributed by atoms with E-state index in [0.717, 1.165) is 19.3 Å². The number of nitrogens with one attached hydrogen (secondary N) is 1. The monoisotopic (exact) mass is 452 g/mol. The Labute approximate surface area is 200 Å². The van der Waals surface area contributed by atoms with Gasteiger partial charge in [-0.3, -0.25) is 0 Å². The Morgan fingerprint density at radius 1 is 0.688 bits per heavy atom. The zero-order chi connectivity index (χ0) is 23.7. The van der Waals surface area contributed by atoms with Gasteiger partial charge in [0.15, 0.2) is 0 Å². The molecule has 0 spiro atoms. The van der Waals surface area contributed by atoms with Gasteiger partial charge in [0, 0.05) is 6.54 Å². The number of hydrogen-bond acceptors (Lipinski definition) is 3. The highest BCUT2D eigenvalue weighted by atomic mass is 16.7. The summed E-state index contributed by atoms with van der Waals surface area (Å²) in [6.45, 7) is 11.7. The molecule has 4 nitrogen and oxygen atoms in total. The Hall–Kier alpha value is -0.770. The Morgan fingerprint density at radius 2 is 1.06 bits per heavy atom. The number of piperidine rings is 1. The van der Waals surface area contributed by atoms with Gasteiger partial charge >= 0.3 is 6.09 Å². The number of nitrogens with zero attached hydrogens (tertiary/aromatic N) is 1. The van der Waals surface area contributed by atoms with E-state index < -0.39 is 0 Å². The van der Waals surface area contributed by atoms with E-state index in [1.165, 1.54) is 103 Å². The average molecular weight is 453 g/mol. The molecule has 32 heavy (non-hydrogen) atoms. The summed E-state index contributed by atoms with van der Waals surface area (Å²) in [6.07, 6.45) is 24.8. The molecular formula is C28H56N2O2. The van der Waals surface area contributed by atoms with Gasteiger partial charge in [0.25, 0.3) is 0 Å². The quantitative estimate of drug-likeness (QED) is 0.211. The van der Waals surface area contributed by atoms with E-state index in [9.17, 15) is 4.79 Å². The van der Waals surface area contributed by atoms with E-state index in [-0.39, 0.29) is 17.2 Å². The predicted octanol–water partition coefficient (Wildman–Crippen LogP) is 8.93. The highest BCUT2D eigenvalue weighted by Gasteiger charge is 2.44. The first kappa shape index (κ1) is 29.3. The molecule has 1 aliphatic rings. The zero-order valence-electron chi connectivity index (χ0n) is 22.4. The standard InChI is InChI=1S/C28H56N2O2/c1-6-7-8-9-10-11-12-13-14-15-16-17-18-19-20-21-25-29-26(31)32-30-27(2,3)23-22-24-28(30,4)5/h6-25H2,1-5H3,(H,29,31). The number of hydroxylamine groups is 2. The smallest absolute Gasteiger partial charge is 0.350 e. The first-order valence-electron chi connectivity index (χ1n) is 14.1. The summed E-state index contributed by atoms with van der Waals surface area (Å²) in [5.41, 5.74) is -0.208. The van der Waals surface area contributed by atoms with Crippen LogP contribution in [0.1, 0.15) is 157 Å². The first-order chi connectivity index (χ1) is 15.3. The fraction of sp³-hybridized carbons (Fsp3) is 0.964. The normalized spacial score (nSPS) is 17.9. The van der Waals surface area contributed by atoms with Crippen LogP contribution in [-0.2, 0) is 4.84 Å². The number of rotatable bonds is 18. The molecule has 1 rings (SSSR count). The third kappa shape index (κ3) is 13.1. The van der Waals surface area contributed by atoms with Crippen LogP contribution < -0.4 is 5.32 Å². The summed E-state index contributed by atoms with van der Waals surface area (Å²) in [5.74, 6) is 0. The van der Waals surface area contributed by atoms with Gasteiger partial charge in [-0.2, -0.15) is 0 Å². The second-order valence-corrected chi connectivity index (χ2v) is 11.4. The van der Waals surface area contributed by atoms with Crippen molar-refractivity contribution in [2.45, 2.75) is 168 Å². The summed E-state index contributed by atoms with van der Waals surface area (Å²) < 4.78 is 0. The van der Waals surface area contributed by atoms with Gasteiger partial charge in [-0.05, 0) is 53.4 Å². The third-order valence-electron chi connectivity index (χ3n) is 7.15. The Bertz CT molecular complexity index is 460. The highest BCUT2D eigenvalue weighted by molar-refractivity contribution is 5.66. The van der Waals surface area contributed by atoms with Crippen molar-refractivity contribution in [1.29, 1.82) is 0 Å². The maximum atomic E-state index is 12.3. The number of carbonyl (C=O) groups excluding carboxylic acids is 1. The van der Waals surface area contributed by atoms with Crippen LogP contribution in [0, 0.1) is 0 Å². The Morgan fingerprint density at radius 3 is 1.47 bits per heavy atom. The van der Waals surface area contributed by atoms with Crippen LogP contribution in [0.15, 0.2) is 0 Å². The molecular weight excluding hydrogens is 396 g/mol. The van der Waals surface area contributed by atoms with Crippen LogP contribution in [0.3, 0.4) is 0 Å². The van der Waals surface area contributed by atoms with Gasteiger partial charge in [0.2, 0.25) is 0 Å². The molecule has 1 heterocycles. The Balaban J connectivity index is 1.90. The molecule has 1 amide bonds. The van der Waals surface area contributed by atoms with Crippen molar-refractivity contribution in [3.05, 3.63) is 0 Å². The minimum absolute atomic E-state index is 0.104. The van der Waals surface area contributed by atoms with Crippen molar-refractivity contribution in [2.24, 2.45) is 0 Å². The largest absolute Gasteiger partial charge is 0.426 e. The van der Waals surface area contributed by atoms with Gasteiger partial charge in [-0.1, -0.05) is 103 Å². The van der Waals surface area contributed by atoms with Crippen molar-refractivity contribution >= 4 is 6.09 Å². The van der Waals surface area contributed by atoms with E-state index in [1.54, 1.807) is 0 Å². The molecule has 0 bridgehead atoms. The van der Waals surface area contributed by atoms with Gasteiger partial charge < -0.3 is 10.2 Å². The lowest BCUT2D eigenvalue weighted by Gasteiger charge is -2.50. The van der Waals surface area contributed by atoms with Crippen molar-refractivity contribution in [1.82, 2.24) is 10.4 Å². The second-order valence-electron chi connectivity index (χ2n) is 11.4. The van der Waals surface area contributed by atoms with Crippen LogP contribution in [-0.4, -0.2) is 28.8 Å². The molecule has 1 fully saturated rings. The number of amides is 1. The molecule has 4 heteroatoms. The lowest BCUT2D eigenvalue weighted by molar-refractivity contribution is -0.239. The molecule has 0 radical (unpaired) electrons. The fourth-order valence-electron chi connectivity index (χ4n) is 5.20. The van der Waals surface area contributed by atoms with E-state index in [0.29, 0.717) is 6.54 Å². The second kappa shape index (κ2) is 16.8. The maximum absolute atomic E-state index is 12.3. The summed E-state index contributed by atoms with van der Waals surface area (Å²) >= 11 is 0. The number of carbonyl (C=O) groups is 1. The molecule has 190 valence electrons. The molecule has 0 aromatic carbocycles. The maximum Gasteiger partial charge on any atom is 0.426 e. The van der Waals surface area contributed by atoms with E-state index >= 15 is 0 Å². The lowest BCUT2D eigenvalue weighted by atomic mass is 9.82. The van der Waals surface area contributed by atoms with Gasteiger partial charge in [-0.25, -0.2) is 4.79 Å². The van der Waals surface area contributed by atoms with Crippen LogP contribution >= 0.6 is 0 Å². The fourth-order valence-corrected chi connectivity index (χ4v) is 5.20. The molecule has 0 unspecified atom stereocenters. The molecule has 1 aliphatic heterocycles. The Kier molecular flexibility index (Phi) is 15.3.